The summed E-state index contributed by atoms with van der Waals surface area (Å²) < 4.78 is 6.38. The smallest absolute Gasteiger partial charge is 0.256 e. The third-order valence-electron chi connectivity index (χ3n) is 2.78. The molecule has 0 unspecified atom stereocenters. The Morgan fingerprint density at radius 1 is 1.39 bits per heavy atom. The van der Waals surface area contributed by atoms with Crippen LogP contribution in [0, 0.1) is 0 Å². The van der Waals surface area contributed by atoms with Gasteiger partial charge < -0.3 is 10.1 Å². The number of thiophene rings is 1. The van der Waals surface area contributed by atoms with Crippen LogP contribution in [-0.4, -0.2) is 12.5 Å². The zero-order valence-corrected chi connectivity index (χ0v) is 11.8. The standard InChI is InChI=1S/C13H10BrNO2S/c14-12-6-9(7-18-12)13(16)15-10-1-2-11-8(5-10)3-4-17-11/h1-2,5-7H,3-4H2,(H,15,16). The van der Waals surface area contributed by atoms with Crippen molar-refractivity contribution >= 4 is 38.9 Å². The molecule has 1 aliphatic heterocycles. The van der Waals surface area contributed by atoms with E-state index >= 15 is 0 Å². The van der Waals surface area contributed by atoms with Gasteiger partial charge >= 0.3 is 0 Å². The number of ether oxygens (including phenoxy) is 1. The maximum Gasteiger partial charge on any atom is 0.256 e. The second-order valence-electron chi connectivity index (χ2n) is 4.01. The molecule has 0 spiro atoms. The molecule has 1 amide bonds. The zero-order valence-electron chi connectivity index (χ0n) is 9.40. The summed E-state index contributed by atoms with van der Waals surface area (Å²) >= 11 is 4.85. The number of amides is 1. The van der Waals surface area contributed by atoms with Crippen LogP contribution in [0.1, 0.15) is 15.9 Å². The Hall–Kier alpha value is -1.33. The molecule has 2 heterocycles. The van der Waals surface area contributed by atoms with Gasteiger partial charge in [0.25, 0.3) is 5.91 Å². The van der Waals surface area contributed by atoms with Crippen LogP contribution in [-0.2, 0) is 6.42 Å². The molecule has 2 aromatic rings. The molecule has 1 aromatic carbocycles. The SMILES string of the molecule is O=C(Nc1ccc2c(c1)CCO2)c1csc(Br)c1. The quantitative estimate of drug-likeness (QED) is 0.915. The van der Waals surface area contributed by atoms with Crippen LogP contribution in [0.2, 0.25) is 0 Å². The normalized spacial score (nSPS) is 12.9. The van der Waals surface area contributed by atoms with Crippen molar-refractivity contribution in [2.24, 2.45) is 0 Å². The van der Waals surface area contributed by atoms with Gasteiger partial charge in [-0.15, -0.1) is 11.3 Å². The number of anilines is 1. The summed E-state index contributed by atoms with van der Waals surface area (Å²) in [7, 11) is 0. The fraction of sp³-hybridized carbons (Fsp3) is 0.154. The topological polar surface area (TPSA) is 38.3 Å². The van der Waals surface area contributed by atoms with Gasteiger partial charge in [0, 0.05) is 17.5 Å². The van der Waals surface area contributed by atoms with Crippen molar-refractivity contribution in [3.63, 3.8) is 0 Å². The summed E-state index contributed by atoms with van der Waals surface area (Å²) in [6.07, 6.45) is 0.906. The van der Waals surface area contributed by atoms with E-state index in [9.17, 15) is 4.79 Å². The van der Waals surface area contributed by atoms with E-state index in [0.29, 0.717) is 5.56 Å². The largest absolute Gasteiger partial charge is 0.493 e. The summed E-state index contributed by atoms with van der Waals surface area (Å²) in [5, 5.41) is 4.72. The molecule has 18 heavy (non-hydrogen) atoms. The van der Waals surface area contributed by atoms with Crippen LogP contribution in [0.15, 0.2) is 33.4 Å². The van der Waals surface area contributed by atoms with E-state index in [-0.39, 0.29) is 5.91 Å². The third kappa shape index (κ3) is 2.28. The maximum atomic E-state index is 12.0. The highest BCUT2D eigenvalue weighted by atomic mass is 79.9. The van der Waals surface area contributed by atoms with Crippen molar-refractivity contribution < 1.29 is 9.53 Å². The van der Waals surface area contributed by atoms with Crippen LogP contribution < -0.4 is 10.1 Å². The van der Waals surface area contributed by atoms with Crippen LogP contribution in [0.5, 0.6) is 5.75 Å². The lowest BCUT2D eigenvalue weighted by atomic mass is 10.1. The van der Waals surface area contributed by atoms with Gasteiger partial charge in [0.1, 0.15) is 5.75 Å². The fourth-order valence-electron chi connectivity index (χ4n) is 1.90. The molecular formula is C13H10BrNO2S. The van der Waals surface area contributed by atoms with Gasteiger partial charge in [0.15, 0.2) is 0 Å². The summed E-state index contributed by atoms with van der Waals surface area (Å²) in [6.45, 7) is 0.726. The first-order valence-corrected chi connectivity index (χ1v) is 7.21. The van der Waals surface area contributed by atoms with E-state index in [1.54, 1.807) is 0 Å². The van der Waals surface area contributed by atoms with Crippen LogP contribution in [0.3, 0.4) is 0 Å². The van der Waals surface area contributed by atoms with Crippen LogP contribution in [0.25, 0.3) is 0 Å². The molecule has 92 valence electrons. The highest BCUT2D eigenvalue weighted by Gasteiger charge is 2.14. The predicted octanol–water partition coefficient (Wildman–Crippen LogP) is 3.70. The number of nitrogens with one attached hydrogen (secondary N) is 1. The molecule has 1 N–H and O–H groups in total. The van der Waals surface area contributed by atoms with E-state index < -0.39 is 0 Å². The van der Waals surface area contributed by atoms with Gasteiger partial charge in [0.2, 0.25) is 0 Å². The monoisotopic (exact) mass is 323 g/mol. The lowest BCUT2D eigenvalue weighted by Crippen LogP contribution is -2.10. The molecule has 0 saturated carbocycles. The van der Waals surface area contributed by atoms with Gasteiger partial charge in [-0.25, -0.2) is 0 Å². The molecule has 1 aliphatic rings. The van der Waals surface area contributed by atoms with Crippen molar-refractivity contribution in [2.75, 3.05) is 11.9 Å². The van der Waals surface area contributed by atoms with Gasteiger partial charge in [-0.3, -0.25) is 4.79 Å². The number of benzene rings is 1. The predicted molar refractivity (Wildman–Crippen MR) is 75.6 cm³/mol. The first-order valence-electron chi connectivity index (χ1n) is 5.53. The summed E-state index contributed by atoms with van der Waals surface area (Å²) in [6, 6.07) is 7.56. The average Bonchev–Trinajstić information content (AvgIpc) is 2.96. The first kappa shape index (κ1) is 11.7. The van der Waals surface area contributed by atoms with E-state index in [0.717, 1.165) is 33.8 Å². The van der Waals surface area contributed by atoms with E-state index in [4.69, 9.17) is 4.74 Å². The number of hydrogen-bond acceptors (Lipinski definition) is 3. The lowest BCUT2D eigenvalue weighted by molar-refractivity contribution is 0.102. The average molecular weight is 324 g/mol. The molecule has 1 aromatic heterocycles. The number of rotatable bonds is 2. The highest BCUT2D eigenvalue weighted by molar-refractivity contribution is 9.11. The Morgan fingerprint density at radius 2 is 2.28 bits per heavy atom. The Kier molecular flexibility index (Phi) is 3.09. The molecule has 0 fully saturated rings. The number of hydrogen-bond donors (Lipinski definition) is 1. The van der Waals surface area contributed by atoms with Crippen molar-refractivity contribution in [2.45, 2.75) is 6.42 Å². The lowest BCUT2D eigenvalue weighted by Gasteiger charge is -2.05. The molecule has 5 heteroatoms. The minimum Gasteiger partial charge on any atom is -0.493 e. The third-order valence-corrected chi connectivity index (χ3v) is 4.28. The second-order valence-corrected chi connectivity index (χ2v) is 6.31. The van der Waals surface area contributed by atoms with Crippen molar-refractivity contribution in [1.82, 2.24) is 0 Å². The molecule has 3 nitrogen and oxygen atoms in total. The fourth-order valence-corrected chi connectivity index (χ4v) is 3.03. The highest BCUT2D eigenvalue weighted by Crippen LogP contribution is 2.28. The van der Waals surface area contributed by atoms with E-state index in [2.05, 4.69) is 21.2 Å². The Morgan fingerprint density at radius 3 is 3.06 bits per heavy atom. The Bertz CT molecular complexity index is 609. The number of carbonyl (C=O) groups excluding carboxylic acids is 1. The molecule has 3 rings (SSSR count). The van der Waals surface area contributed by atoms with Gasteiger partial charge in [-0.05, 0) is 45.8 Å². The minimum atomic E-state index is -0.0872. The van der Waals surface area contributed by atoms with Gasteiger partial charge in [-0.2, -0.15) is 0 Å². The zero-order chi connectivity index (χ0) is 12.5. The van der Waals surface area contributed by atoms with Gasteiger partial charge in [0.05, 0.1) is 16.0 Å². The Labute approximate surface area is 117 Å². The van der Waals surface area contributed by atoms with Crippen molar-refractivity contribution in [1.29, 1.82) is 0 Å². The molecule has 0 saturated heterocycles. The number of fused-ring (bicyclic) bond motifs is 1. The van der Waals surface area contributed by atoms with Crippen molar-refractivity contribution in [3.05, 3.63) is 44.6 Å². The second kappa shape index (κ2) is 4.74. The van der Waals surface area contributed by atoms with Gasteiger partial charge in [-0.1, -0.05) is 0 Å². The van der Waals surface area contributed by atoms with Crippen LogP contribution in [0.4, 0.5) is 5.69 Å². The summed E-state index contributed by atoms with van der Waals surface area (Å²) in [4.78, 5) is 12.0. The minimum absolute atomic E-state index is 0.0872. The molecular weight excluding hydrogens is 314 g/mol. The maximum absolute atomic E-state index is 12.0. The number of carbonyl (C=O) groups is 1. The van der Waals surface area contributed by atoms with E-state index in [1.165, 1.54) is 11.3 Å². The summed E-state index contributed by atoms with van der Waals surface area (Å²) in [5.74, 6) is 0.835. The number of halogens is 1. The Balaban J connectivity index is 1.78. The van der Waals surface area contributed by atoms with Crippen molar-refractivity contribution in [3.8, 4) is 5.75 Å². The molecule has 0 radical (unpaired) electrons. The molecule has 0 bridgehead atoms. The van der Waals surface area contributed by atoms with E-state index in [1.807, 2.05) is 29.6 Å². The summed E-state index contributed by atoms with van der Waals surface area (Å²) in [5.41, 5.74) is 2.63. The molecule has 0 atom stereocenters. The molecule has 0 aliphatic carbocycles. The first-order chi connectivity index (χ1) is 8.72. The van der Waals surface area contributed by atoms with Crippen LogP contribution >= 0.6 is 27.3 Å².